The molecular formula is C66H44. The van der Waals surface area contributed by atoms with Crippen molar-refractivity contribution in [3.63, 3.8) is 0 Å². The van der Waals surface area contributed by atoms with Gasteiger partial charge in [-0.15, -0.1) is 0 Å². The minimum Gasteiger partial charge on any atom is -0.0622 e. The van der Waals surface area contributed by atoms with Gasteiger partial charge in [-0.3, -0.25) is 0 Å². The molecule has 0 atom stereocenters. The molecule has 12 aromatic carbocycles. The molecule has 0 aliphatic rings. The lowest BCUT2D eigenvalue weighted by Crippen LogP contribution is -1.99. The van der Waals surface area contributed by atoms with Crippen LogP contribution >= 0.6 is 0 Å². The third kappa shape index (κ3) is 6.97. The first-order valence-corrected chi connectivity index (χ1v) is 22.8. The van der Waals surface area contributed by atoms with Crippen molar-refractivity contribution in [1.29, 1.82) is 0 Å². The molecule has 0 aliphatic carbocycles. The Bertz CT molecular complexity index is 3410. The van der Waals surface area contributed by atoms with Crippen molar-refractivity contribution in [2.75, 3.05) is 0 Å². The fourth-order valence-electron chi connectivity index (χ4n) is 10.2. The molecular weight excluding hydrogens is 793 g/mol. The summed E-state index contributed by atoms with van der Waals surface area (Å²) >= 11 is 0. The van der Waals surface area contributed by atoms with Crippen LogP contribution in [0.1, 0.15) is 0 Å². The van der Waals surface area contributed by atoms with Crippen LogP contribution in [0.5, 0.6) is 0 Å². The first kappa shape index (κ1) is 39.0. The largest absolute Gasteiger partial charge is 0.0622 e. The Labute approximate surface area is 386 Å². The van der Waals surface area contributed by atoms with Gasteiger partial charge in [-0.25, -0.2) is 0 Å². The number of fused-ring (bicyclic) bond motifs is 6. The second kappa shape index (κ2) is 16.8. The van der Waals surface area contributed by atoms with E-state index in [1.54, 1.807) is 0 Å². The monoisotopic (exact) mass is 836 g/mol. The van der Waals surface area contributed by atoms with E-state index in [2.05, 4.69) is 267 Å². The number of benzene rings is 12. The molecule has 12 aromatic rings. The topological polar surface area (TPSA) is 0 Å². The van der Waals surface area contributed by atoms with Crippen LogP contribution in [0.4, 0.5) is 0 Å². The first-order chi connectivity index (χ1) is 32.8. The normalized spacial score (nSPS) is 11.3. The highest BCUT2D eigenvalue weighted by Crippen LogP contribution is 2.55. The van der Waals surface area contributed by atoms with Crippen LogP contribution in [-0.2, 0) is 0 Å². The molecule has 0 nitrogen and oxygen atoms in total. The lowest BCUT2D eigenvalue weighted by molar-refractivity contribution is 1.57. The summed E-state index contributed by atoms with van der Waals surface area (Å²) in [7, 11) is 0. The van der Waals surface area contributed by atoms with Gasteiger partial charge < -0.3 is 0 Å². The van der Waals surface area contributed by atoms with Gasteiger partial charge in [0.25, 0.3) is 0 Å². The van der Waals surface area contributed by atoms with Crippen molar-refractivity contribution in [2.24, 2.45) is 0 Å². The van der Waals surface area contributed by atoms with Crippen molar-refractivity contribution in [3.8, 4) is 89.0 Å². The highest BCUT2D eigenvalue weighted by molar-refractivity contribution is 6.35. The maximum absolute atomic E-state index is 2.46. The lowest BCUT2D eigenvalue weighted by Gasteiger charge is -2.27. The fourth-order valence-corrected chi connectivity index (χ4v) is 10.2. The van der Waals surface area contributed by atoms with Crippen LogP contribution < -0.4 is 0 Å². The van der Waals surface area contributed by atoms with E-state index in [1.807, 2.05) is 0 Å². The molecule has 0 saturated carbocycles. The SMILES string of the molecule is c1ccc(-c2ccc(-c3ccc4c5ccc(-c6ccc(-c7ccccc7)cc6)cc5c5c(-c6ccccc6)c(-c6ccccc6)c(-c6ccccc6)c(-c6ccccc6)c5c4c3)cc2)cc1. The van der Waals surface area contributed by atoms with Crippen LogP contribution in [0.3, 0.4) is 0 Å². The quantitative estimate of drug-likeness (QED) is 0.134. The second-order valence-electron chi connectivity index (χ2n) is 17.1. The van der Waals surface area contributed by atoms with E-state index in [-0.39, 0.29) is 0 Å². The standard InChI is InChI=1S/C66H44/c1-7-19-45(20-8-1)47-31-35-49(36-32-47)55-39-41-57-58-42-40-56(50-37-33-48(34-38-50)46-21-9-2-10-22-46)44-60(58)66-64(54-29-17-6-18-30-54)62(52-25-13-4-14-26-52)61(51-23-11-3-12-24-51)63(65(66)59(57)43-55)53-27-15-5-16-28-53/h1-44H. The molecule has 0 aromatic heterocycles. The van der Waals surface area contributed by atoms with Crippen molar-refractivity contribution in [1.82, 2.24) is 0 Å². The van der Waals surface area contributed by atoms with Crippen molar-refractivity contribution < 1.29 is 0 Å². The zero-order valence-electron chi connectivity index (χ0n) is 36.4. The van der Waals surface area contributed by atoms with Gasteiger partial charge in [0, 0.05) is 0 Å². The summed E-state index contributed by atoms with van der Waals surface area (Å²) in [6.45, 7) is 0. The molecule has 0 bridgehead atoms. The van der Waals surface area contributed by atoms with Crippen LogP contribution in [0, 0.1) is 0 Å². The van der Waals surface area contributed by atoms with E-state index in [9.17, 15) is 0 Å². The van der Waals surface area contributed by atoms with Gasteiger partial charge >= 0.3 is 0 Å². The smallest absolute Gasteiger partial charge is 0.000719 e. The Morgan fingerprint density at radius 3 is 0.636 bits per heavy atom. The number of rotatable bonds is 8. The Morgan fingerprint density at radius 2 is 0.348 bits per heavy atom. The van der Waals surface area contributed by atoms with E-state index in [4.69, 9.17) is 0 Å². The third-order valence-corrected chi connectivity index (χ3v) is 13.3. The maximum Gasteiger partial charge on any atom is -0.000719 e. The summed E-state index contributed by atoms with van der Waals surface area (Å²) in [4.78, 5) is 0. The summed E-state index contributed by atoms with van der Waals surface area (Å²) in [5.41, 5.74) is 19.3. The highest BCUT2D eigenvalue weighted by Gasteiger charge is 2.27. The van der Waals surface area contributed by atoms with Crippen molar-refractivity contribution in [3.05, 3.63) is 267 Å². The van der Waals surface area contributed by atoms with Gasteiger partial charge in [-0.1, -0.05) is 255 Å². The zero-order valence-corrected chi connectivity index (χ0v) is 36.4. The van der Waals surface area contributed by atoms with Gasteiger partial charge in [0.1, 0.15) is 0 Å². The predicted molar refractivity (Wildman–Crippen MR) is 282 cm³/mol. The van der Waals surface area contributed by atoms with E-state index >= 15 is 0 Å². The van der Waals surface area contributed by atoms with E-state index in [0.717, 1.165) is 0 Å². The van der Waals surface area contributed by atoms with Crippen LogP contribution in [0.15, 0.2) is 267 Å². The number of hydrogen-bond acceptors (Lipinski definition) is 0. The first-order valence-electron chi connectivity index (χ1n) is 22.8. The summed E-state index contributed by atoms with van der Waals surface area (Å²) in [6, 6.07) is 98.0. The van der Waals surface area contributed by atoms with Gasteiger partial charge in [-0.05, 0) is 133 Å². The molecule has 0 aliphatic heterocycles. The van der Waals surface area contributed by atoms with Gasteiger partial charge in [0.15, 0.2) is 0 Å². The second-order valence-corrected chi connectivity index (χ2v) is 17.1. The molecule has 12 rings (SSSR count). The Kier molecular flexibility index (Phi) is 9.97. The average Bonchev–Trinajstić information content (AvgIpc) is 3.41. The summed E-state index contributed by atoms with van der Waals surface area (Å²) in [6.07, 6.45) is 0. The molecule has 0 amide bonds. The maximum atomic E-state index is 2.46. The van der Waals surface area contributed by atoms with E-state index in [0.29, 0.717) is 0 Å². The van der Waals surface area contributed by atoms with E-state index in [1.165, 1.54) is 121 Å². The highest BCUT2D eigenvalue weighted by atomic mass is 14.3. The Morgan fingerprint density at radius 1 is 0.136 bits per heavy atom. The van der Waals surface area contributed by atoms with Gasteiger partial charge in [0.05, 0.1) is 0 Å². The summed E-state index contributed by atoms with van der Waals surface area (Å²) in [5.74, 6) is 0. The molecule has 0 spiro atoms. The molecule has 0 fully saturated rings. The number of hydrogen-bond donors (Lipinski definition) is 0. The molecule has 0 radical (unpaired) electrons. The van der Waals surface area contributed by atoms with Crippen LogP contribution in [0.25, 0.3) is 121 Å². The van der Waals surface area contributed by atoms with Crippen LogP contribution in [-0.4, -0.2) is 0 Å². The third-order valence-electron chi connectivity index (χ3n) is 13.3. The zero-order chi connectivity index (χ0) is 43.8. The Balaban J connectivity index is 1.25. The van der Waals surface area contributed by atoms with Crippen molar-refractivity contribution >= 4 is 32.3 Å². The lowest BCUT2D eigenvalue weighted by atomic mass is 9.76. The molecule has 308 valence electrons. The minimum atomic E-state index is 1.18. The minimum absolute atomic E-state index is 1.18. The van der Waals surface area contributed by atoms with Crippen molar-refractivity contribution in [2.45, 2.75) is 0 Å². The molecule has 0 heteroatoms. The molecule has 0 heterocycles. The molecule has 0 saturated heterocycles. The summed E-state index contributed by atoms with van der Waals surface area (Å²) < 4.78 is 0. The van der Waals surface area contributed by atoms with E-state index < -0.39 is 0 Å². The predicted octanol–water partition coefficient (Wildman–Crippen LogP) is 18.5. The van der Waals surface area contributed by atoms with Gasteiger partial charge in [-0.2, -0.15) is 0 Å². The average molecular weight is 837 g/mol. The molecule has 66 heavy (non-hydrogen) atoms. The van der Waals surface area contributed by atoms with Crippen LogP contribution in [0.2, 0.25) is 0 Å². The van der Waals surface area contributed by atoms with Gasteiger partial charge in [0.2, 0.25) is 0 Å². The fraction of sp³-hybridized carbons (Fsp3) is 0. The molecule has 0 N–H and O–H groups in total. The Hall–Kier alpha value is -8.58. The molecule has 0 unspecified atom stereocenters. The summed E-state index contributed by atoms with van der Waals surface area (Å²) in [5, 5.41) is 7.43.